The van der Waals surface area contributed by atoms with Gasteiger partial charge in [0.05, 0.1) is 10.8 Å². The lowest BCUT2D eigenvalue weighted by atomic mass is 9.98. The van der Waals surface area contributed by atoms with Crippen molar-refractivity contribution in [2.75, 3.05) is 26.2 Å². The van der Waals surface area contributed by atoms with Gasteiger partial charge in [0.25, 0.3) is 5.91 Å². The van der Waals surface area contributed by atoms with Gasteiger partial charge in [-0.05, 0) is 55.3 Å². The summed E-state index contributed by atoms with van der Waals surface area (Å²) in [6, 6.07) is 8.79. The smallest absolute Gasteiger partial charge is 0.309 e. The molecule has 0 N–H and O–H groups in total. The zero-order valence-electron chi connectivity index (χ0n) is 17.5. The average Bonchev–Trinajstić information content (AvgIpc) is 3.25. The number of esters is 1. The summed E-state index contributed by atoms with van der Waals surface area (Å²) in [5.74, 6) is -0.999. The minimum absolute atomic E-state index is 0.190. The fourth-order valence-corrected chi connectivity index (χ4v) is 6.35. The van der Waals surface area contributed by atoms with Crippen LogP contribution in [-0.4, -0.2) is 55.7 Å². The summed E-state index contributed by atoms with van der Waals surface area (Å²) in [5.41, 5.74) is 2.16. The van der Waals surface area contributed by atoms with Gasteiger partial charge in [-0.3, -0.25) is 9.59 Å². The van der Waals surface area contributed by atoms with E-state index in [4.69, 9.17) is 4.74 Å². The molecule has 0 atom stereocenters. The van der Waals surface area contributed by atoms with Crippen molar-refractivity contribution >= 4 is 33.2 Å². The summed E-state index contributed by atoms with van der Waals surface area (Å²) >= 11 is 1.71. The number of fused-ring (bicyclic) bond motifs is 1. The second kappa shape index (κ2) is 9.10. The van der Waals surface area contributed by atoms with E-state index in [1.54, 1.807) is 40.5 Å². The van der Waals surface area contributed by atoms with Crippen LogP contribution in [0.15, 0.2) is 40.6 Å². The van der Waals surface area contributed by atoms with Crippen LogP contribution in [0.25, 0.3) is 0 Å². The van der Waals surface area contributed by atoms with E-state index in [1.807, 2.05) is 18.4 Å². The molecular formula is C22H26N2O5S2. The number of nitrogens with zero attached hydrogens (tertiary/aromatic N) is 2. The Bertz CT molecular complexity index is 1050. The van der Waals surface area contributed by atoms with Gasteiger partial charge in [-0.1, -0.05) is 17.7 Å². The number of benzene rings is 1. The van der Waals surface area contributed by atoms with Gasteiger partial charge in [0, 0.05) is 31.1 Å². The fourth-order valence-electron chi connectivity index (χ4n) is 3.99. The first-order chi connectivity index (χ1) is 14.8. The molecule has 2 aromatic rings. The maximum atomic E-state index is 12.8. The number of ether oxygens (including phenoxy) is 1. The molecule has 0 saturated carbocycles. The van der Waals surface area contributed by atoms with Gasteiger partial charge in [-0.15, -0.1) is 11.3 Å². The van der Waals surface area contributed by atoms with E-state index >= 15 is 0 Å². The van der Waals surface area contributed by atoms with Crippen LogP contribution < -0.4 is 0 Å². The molecule has 0 unspecified atom stereocenters. The fraction of sp³-hybridized carbons (Fsp3) is 0.455. The molecule has 166 valence electrons. The molecule has 1 amide bonds. The SMILES string of the molecule is Cc1ccc(S(=O)(=O)N2CCC(C(=O)OCC(=O)N3CCc4sccc4C3)CC2)cc1. The first kappa shape index (κ1) is 22.0. The highest BCUT2D eigenvalue weighted by atomic mass is 32.2. The number of piperidine rings is 1. The van der Waals surface area contributed by atoms with Gasteiger partial charge < -0.3 is 9.64 Å². The van der Waals surface area contributed by atoms with Crippen molar-refractivity contribution in [3.05, 3.63) is 51.7 Å². The molecule has 0 aliphatic carbocycles. The van der Waals surface area contributed by atoms with Crippen LogP contribution in [0.4, 0.5) is 0 Å². The molecule has 2 aliphatic heterocycles. The van der Waals surface area contributed by atoms with Crippen LogP contribution in [0.3, 0.4) is 0 Å². The van der Waals surface area contributed by atoms with Gasteiger partial charge in [0.1, 0.15) is 0 Å². The molecule has 31 heavy (non-hydrogen) atoms. The van der Waals surface area contributed by atoms with Crippen molar-refractivity contribution in [1.29, 1.82) is 0 Å². The Hall–Kier alpha value is -2.23. The van der Waals surface area contributed by atoms with Crippen molar-refractivity contribution in [1.82, 2.24) is 9.21 Å². The lowest BCUT2D eigenvalue weighted by Crippen LogP contribution is -2.42. The summed E-state index contributed by atoms with van der Waals surface area (Å²) in [6.45, 7) is 3.36. The normalized spacial score (nSPS) is 17.9. The van der Waals surface area contributed by atoms with Crippen LogP contribution in [-0.2, 0) is 37.3 Å². The second-order valence-electron chi connectivity index (χ2n) is 8.03. The first-order valence-corrected chi connectivity index (χ1v) is 12.7. The Labute approximate surface area is 186 Å². The monoisotopic (exact) mass is 462 g/mol. The predicted octanol–water partition coefficient (Wildman–Crippen LogP) is 2.59. The summed E-state index contributed by atoms with van der Waals surface area (Å²) in [5, 5.41) is 2.03. The highest BCUT2D eigenvalue weighted by molar-refractivity contribution is 7.89. The van der Waals surface area contributed by atoms with Gasteiger partial charge in [0.15, 0.2) is 6.61 Å². The largest absolute Gasteiger partial charge is 0.455 e. The molecule has 1 fully saturated rings. The summed E-state index contributed by atoms with van der Waals surface area (Å²) < 4.78 is 32.3. The number of amides is 1. The van der Waals surface area contributed by atoms with E-state index in [9.17, 15) is 18.0 Å². The van der Waals surface area contributed by atoms with Gasteiger partial charge in [0.2, 0.25) is 10.0 Å². The van der Waals surface area contributed by atoms with Crippen LogP contribution in [0, 0.1) is 12.8 Å². The van der Waals surface area contributed by atoms with Crippen LogP contribution in [0.2, 0.25) is 0 Å². The minimum Gasteiger partial charge on any atom is -0.455 e. The Kier molecular flexibility index (Phi) is 6.45. The summed E-state index contributed by atoms with van der Waals surface area (Å²) in [4.78, 5) is 28.2. The third-order valence-electron chi connectivity index (χ3n) is 5.94. The molecule has 7 nitrogen and oxygen atoms in total. The van der Waals surface area contributed by atoms with Crippen molar-refractivity contribution < 1.29 is 22.7 Å². The lowest BCUT2D eigenvalue weighted by molar-refractivity contribution is -0.156. The van der Waals surface area contributed by atoms with Gasteiger partial charge >= 0.3 is 5.97 Å². The number of hydrogen-bond donors (Lipinski definition) is 0. The maximum Gasteiger partial charge on any atom is 0.309 e. The molecule has 9 heteroatoms. The van der Waals surface area contributed by atoms with E-state index < -0.39 is 16.0 Å². The average molecular weight is 463 g/mol. The van der Waals surface area contributed by atoms with Crippen LogP contribution >= 0.6 is 11.3 Å². The van der Waals surface area contributed by atoms with Crippen molar-refractivity contribution in [3.8, 4) is 0 Å². The van der Waals surface area contributed by atoms with E-state index in [0.29, 0.717) is 25.9 Å². The Balaban J connectivity index is 1.26. The zero-order chi connectivity index (χ0) is 22.0. The van der Waals surface area contributed by atoms with Crippen molar-refractivity contribution in [2.45, 2.75) is 37.6 Å². The number of rotatable bonds is 5. The number of aryl methyl sites for hydroxylation is 1. The molecule has 1 aromatic heterocycles. The third kappa shape index (κ3) is 4.83. The number of carbonyl (C=O) groups is 2. The number of carbonyl (C=O) groups excluding carboxylic acids is 2. The number of sulfonamides is 1. The third-order valence-corrected chi connectivity index (χ3v) is 8.88. The Morgan fingerprint density at radius 2 is 1.81 bits per heavy atom. The summed E-state index contributed by atoms with van der Waals surface area (Å²) in [7, 11) is -3.57. The molecule has 2 aliphatic rings. The Morgan fingerprint density at radius 3 is 2.52 bits per heavy atom. The molecule has 0 bridgehead atoms. The highest BCUT2D eigenvalue weighted by Crippen LogP contribution is 2.26. The standard InChI is InChI=1S/C22H26N2O5S2/c1-16-2-4-19(5-3-16)31(27,28)24-11-6-17(7-12-24)22(26)29-15-21(25)23-10-8-20-18(14-23)9-13-30-20/h2-5,9,13,17H,6-8,10-12,14-15H2,1H3. The van der Waals surface area contributed by atoms with Crippen molar-refractivity contribution in [3.63, 3.8) is 0 Å². The quantitative estimate of drug-likeness (QED) is 0.638. The van der Waals surface area contributed by atoms with E-state index in [2.05, 4.69) is 0 Å². The molecule has 0 radical (unpaired) electrons. The van der Waals surface area contributed by atoms with Crippen LogP contribution in [0.5, 0.6) is 0 Å². The summed E-state index contributed by atoms with van der Waals surface area (Å²) in [6.07, 6.45) is 1.61. The predicted molar refractivity (Wildman–Crippen MR) is 117 cm³/mol. The minimum atomic E-state index is -3.57. The Morgan fingerprint density at radius 1 is 1.10 bits per heavy atom. The van der Waals surface area contributed by atoms with Gasteiger partial charge in [-0.25, -0.2) is 8.42 Å². The highest BCUT2D eigenvalue weighted by Gasteiger charge is 2.33. The van der Waals surface area contributed by atoms with Crippen LogP contribution in [0.1, 0.15) is 28.8 Å². The van der Waals surface area contributed by atoms with E-state index in [0.717, 1.165) is 17.5 Å². The molecule has 1 saturated heterocycles. The number of hydrogen-bond acceptors (Lipinski definition) is 6. The topological polar surface area (TPSA) is 84.0 Å². The van der Waals surface area contributed by atoms with E-state index in [-0.39, 0.29) is 36.4 Å². The second-order valence-corrected chi connectivity index (χ2v) is 11.0. The molecule has 1 aromatic carbocycles. The molecule has 4 rings (SSSR count). The zero-order valence-corrected chi connectivity index (χ0v) is 19.1. The van der Waals surface area contributed by atoms with Gasteiger partial charge in [-0.2, -0.15) is 4.31 Å². The molecule has 0 spiro atoms. The lowest BCUT2D eigenvalue weighted by Gasteiger charge is -2.30. The molecular weight excluding hydrogens is 436 g/mol. The number of thiophene rings is 1. The van der Waals surface area contributed by atoms with Crippen molar-refractivity contribution in [2.24, 2.45) is 5.92 Å². The maximum absolute atomic E-state index is 12.8. The molecule has 3 heterocycles. The first-order valence-electron chi connectivity index (χ1n) is 10.4. The van der Waals surface area contributed by atoms with E-state index in [1.165, 1.54) is 9.18 Å².